The van der Waals surface area contributed by atoms with Gasteiger partial charge in [0.1, 0.15) is 42.7 Å². The zero-order valence-corrected chi connectivity index (χ0v) is 49.0. The van der Waals surface area contributed by atoms with E-state index in [0.717, 1.165) is 11.3 Å². The van der Waals surface area contributed by atoms with Gasteiger partial charge in [-0.1, -0.05) is 38.1 Å². The number of cyclic esters (lactones) is 1. The van der Waals surface area contributed by atoms with E-state index < -0.39 is 119 Å². The molecule has 0 unspecified atom stereocenters. The topological polar surface area (TPSA) is 237 Å². The fourth-order valence-corrected chi connectivity index (χ4v) is 13.5. The first-order valence-corrected chi connectivity index (χ1v) is 29.5. The third-order valence-corrected chi connectivity index (χ3v) is 18.9. The minimum atomic E-state index is -3.03. The summed E-state index contributed by atoms with van der Waals surface area (Å²) in [5.74, 6) is -2.40. The molecule has 2 aromatic rings. The maximum atomic E-state index is 14.9. The summed E-state index contributed by atoms with van der Waals surface area (Å²) in [6.45, 7) is 18.9. The molecule has 0 aliphatic carbocycles. The lowest BCUT2D eigenvalue weighted by Gasteiger charge is -2.48. The minimum Gasteiger partial charge on any atom is -0.459 e. The molecule has 0 radical (unpaired) electrons. The lowest BCUT2D eigenvalue weighted by atomic mass is 9.77. The molecule has 4 saturated heterocycles. The van der Waals surface area contributed by atoms with Gasteiger partial charge in [0.05, 0.1) is 58.7 Å². The van der Waals surface area contributed by atoms with Gasteiger partial charge >= 0.3 is 5.97 Å². The zero-order valence-electron chi connectivity index (χ0n) is 48.2. The Morgan fingerprint density at radius 1 is 0.935 bits per heavy atom. The first kappa shape index (κ1) is 63.2. The summed E-state index contributed by atoms with van der Waals surface area (Å²) in [5, 5.41) is 56.4. The predicted octanol–water partition coefficient (Wildman–Crippen LogP) is 4.27. The number of hydrogen-bond acceptors (Lipinski definition) is 19. The van der Waals surface area contributed by atoms with Gasteiger partial charge < -0.3 is 68.3 Å². The van der Waals surface area contributed by atoms with Crippen molar-refractivity contribution in [2.75, 3.05) is 77.6 Å². The molecule has 4 fully saturated rings. The molecular weight excluding hydrogens is 1020 g/mol. The molecule has 77 heavy (non-hydrogen) atoms. The van der Waals surface area contributed by atoms with Gasteiger partial charge in [-0.05, 0) is 105 Å². The number of hydrogen-bond donors (Lipinski definition) is 4. The van der Waals surface area contributed by atoms with Gasteiger partial charge in [0, 0.05) is 89.5 Å². The SMILES string of the molecule is CC[C@H]1OC(=O)[C@H](C)[C@@H](O[C@H]2C[C@@](C)(OC)[C@@H](O)[C@H](C)O2)[C@H](C)[C@@H](O[C@H]2C[C@@H](N(C)CCc3cn([C@H](CF)[C@H](OC)c4ccc(N5CCS(=O)(=O)CC5)cc4)nn3)C[C@@H](C)O2)[C@](C)(O)C[C@@H](C)CN(C)[C@H](C)[C@@H](O)[C@]1(C)O. The van der Waals surface area contributed by atoms with Gasteiger partial charge in [0.2, 0.25) is 0 Å². The van der Waals surface area contributed by atoms with Crippen molar-refractivity contribution in [2.45, 2.75) is 204 Å². The summed E-state index contributed by atoms with van der Waals surface area (Å²) in [7, 11) is 3.89. The average Bonchev–Trinajstić information content (AvgIpc) is 3.86. The number of sulfone groups is 1. The predicted molar refractivity (Wildman–Crippen MR) is 288 cm³/mol. The van der Waals surface area contributed by atoms with Crippen LogP contribution in [0.3, 0.4) is 0 Å². The molecule has 1 aromatic heterocycles. The summed E-state index contributed by atoms with van der Waals surface area (Å²) in [6.07, 6.45) is -4.85. The second-order valence-corrected chi connectivity index (χ2v) is 25.9. The van der Waals surface area contributed by atoms with Crippen molar-refractivity contribution in [3.05, 3.63) is 41.7 Å². The van der Waals surface area contributed by atoms with Crippen LogP contribution in [-0.4, -0.2) is 216 Å². The number of aliphatic hydroxyl groups is 4. The van der Waals surface area contributed by atoms with E-state index in [0.29, 0.717) is 51.1 Å². The van der Waals surface area contributed by atoms with Gasteiger partial charge in [-0.15, -0.1) is 5.10 Å². The molecule has 4 N–H and O–H groups in total. The van der Waals surface area contributed by atoms with E-state index in [4.69, 9.17) is 33.2 Å². The number of aromatic nitrogens is 3. The fourth-order valence-electron chi connectivity index (χ4n) is 12.3. The van der Waals surface area contributed by atoms with Crippen molar-refractivity contribution in [3.63, 3.8) is 0 Å². The molecule has 4 aliphatic heterocycles. The van der Waals surface area contributed by atoms with Gasteiger partial charge in [0.15, 0.2) is 22.4 Å². The van der Waals surface area contributed by atoms with Crippen molar-refractivity contribution in [1.29, 1.82) is 0 Å². The summed E-state index contributed by atoms with van der Waals surface area (Å²) in [5.41, 5.74) is -2.13. The van der Waals surface area contributed by atoms with Crippen LogP contribution < -0.4 is 4.90 Å². The number of nitrogens with zero attached hydrogens (tertiary/aromatic N) is 6. The Bertz CT molecular complexity index is 2280. The van der Waals surface area contributed by atoms with Crippen molar-refractivity contribution in [1.82, 2.24) is 24.8 Å². The normalized spacial score (nSPS) is 39.1. The monoisotopic (exact) mass is 1110 g/mol. The Morgan fingerprint density at radius 3 is 2.21 bits per heavy atom. The molecule has 5 heterocycles. The van der Waals surface area contributed by atoms with Crippen LogP contribution in [0, 0.1) is 17.8 Å². The summed E-state index contributed by atoms with van der Waals surface area (Å²) in [4.78, 5) is 20.7. The lowest BCUT2D eigenvalue weighted by molar-refractivity contribution is -0.308. The number of carbonyl (C=O) groups excluding carboxylic acids is 1. The molecule has 6 rings (SSSR count). The van der Waals surface area contributed by atoms with E-state index in [1.807, 2.05) is 75.9 Å². The van der Waals surface area contributed by atoms with Crippen LogP contribution in [0.2, 0.25) is 0 Å². The molecule has 440 valence electrons. The number of esters is 1. The quantitative estimate of drug-likeness (QED) is 0.172. The number of aliphatic hydroxyl groups excluding tert-OH is 2. The Balaban J connectivity index is 1.22. The summed E-state index contributed by atoms with van der Waals surface area (Å²) in [6, 6.07) is 6.17. The number of benzene rings is 1. The number of rotatable bonds is 16. The summed E-state index contributed by atoms with van der Waals surface area (Å²) < 4.78 is 85.0. The third-order valence-electron chi connectivity index (χ3n) is 17.3. The first-order valence-electron chi connectivity index (χ1n) is 27.7. The number of methoxy groups -OCH3 is 2. The molecule has 0 saturated carbocycles. The third kappa shape index (κ3) is 15.1. The lowest BCUT2D eigenvalue weighted by Crippen LogP contribution is -2.59. The second-order valence-electron chi connectivity index (χ2n) is 23.6. The average molecular weight is 1110 g/mol. The van der Waals surface area contributed by atoms with Crippen LogP contribution in [0.5, 0.6) is 0 Å². The number of carbonyl (C=O) groups is 1. The molecule has 22 heteroatoms. The van der Waals surface area contributed by atoms with Gasteiger partial charge in [-0.3, -0.25) is 4.79 Å². The number of halogens is 1. The Hall–Kier alpha value is -2.97. The highest BCUT2D eigenvalue weighted by Gasteiger charge is 2.52. The van der Waals surface area contributed by atoms with E-state index in [1.165, 1.54) is 25.8 Å². The maximum Gasteiger partial charge on any atom is 0.311 e. The molecule has 1 aromatic carbocycles. The maximum absolute atomic E-state index is 14.9. The van der Waals surface area contributed by atoms with Gasteiger partial charge in [-0.25, -0.2) is 17.5 Å². The van der Waals surface area contributed by atoms with Crippen LogP contribution >= 0.6 is 0 Å². The van der Waals surface area contributed by atoms with Gasteiger partial charge in [-0.2, -0.15) is 0 Å². The van der Waals surface area contributed by atoms with Crippen LogP contribution in [-0.2, 0) is 54.2 Å². The standard InChI is InChI=1S/C55H93FN6O14S/c1-15-44-55(10,67)49(63)37(6)60(12)31-33(2)28-53(8,66)51(35(4)47(36(5)52(65)74-44)75-46-29-54(9,71-14)50(64)38(7)73-46)76-45-27-42(26-34(3)72-45)59(11)21-20-40-32-62(58-57-40)43(30-56)48(70-13)39-16-18-41(19-17-39)61-22-24-77(68,69)25-23-61/h16-19,32-38,42-51,63-64,66-67H,15,20-31H2,1-14H3/t33-,34-,35+,36-,37-,38+,42+,43-,44-,45+,46+,47+,48-,49-,50+,51-,53-,54-,55-/m1/s1. The molecule has 0 spiro atoms. The first-order chi connectivity index (χ1) is 36.1. The Morgan fingerprint density at radius 2 is 1.60 bits per heavy atom. The van der Waals surface area contributed by atoms with E-state index in [-0.39, 0.29) is 48.8 Å². The van der Waals surface area contributed by atoms with Crippen LogP contribution in [0.25, 0.3) is 0 Å². The number of anilines is 1. The highest BCUT2D eigenvalue weighted by Crippen LogP contribution is 2.41. The molecular formula is C55H93FN6O14S. The van der Waals surface area contributed by atoms with Crippen LogP contribution in [0.1, 0.15) is 125 Å². The smallest absolute Gasteiger partial charge is 0.311 e. The van der Waals surface area contributed by atoms with E-state index in [2.05, 4.69) is 15.2 Å². The van der Waals surface area contributed by atoms with Crippen LogP contribution in [0.4, 0.5) is 10.1 Å². The van der Waals surface area contributed by atoms with Crippen molar-refractivity contribution in [3.8, 4) is 0 Å². The van der Waals surface area contributed by atoms with Crippen molar-refractivity contribution >= 4 is 21.5 Å². The highest BCUT2D eigenvalue weighted by molar-refractivity contribution is 7.91. The fraction of sp³-hybridized carbons (Fsp3) is 0.836. The Kier molecular flexibility index (Phi) is 21.6. The molecule has 0 bridgehead atoms. The number of likely N-dealkylation sites (N-methyl/N-ethyl adjacent to an activating group) is 2. The van der Waals surface area contributed by atoms with Gasteiger partial charge in [0.25, 0.3) is 0 Å². The number of ether oxygens (including phenoxy) is 7. The van der Waals surface area contributed by atoms with Crippen molar-refractivity contribution < 1.29 is 71.2 Å². The minimum absolute atomic E-state index is 0.0365. The number of alkyl halides is 1. The zero-order chi connectivity index (χ0) is 56.9. The summed E-state index contributed by atoms with van der Waals surface area (Å²) >= 11 is 0. The second kappa shape index (κ2) is 26.3. The molecule has 0 amide bonds. The highest BCUT2D eigenvalue weighted by atomic mass is 32.2. The molecule has 4 aliphatic rings. The van der Waals surface area contributed by atoms with E-state index >= 15 is 0 Å². The molecule has 19 atom stereocenters. The van der Waals surface area contributed by atoms with Crippen molar-refractivity contribution in [2.24, 2.45) is 17.8 Å². The molecule has 20 nitrogen and oxygen atoms in total. The van der Waals surface area contributed by atoms with Crippen LogP contribution in [0.15, 0.2) is 30.5 Å². The Labute approximate surface area is 457 Å². The van der Waals surface area contributed by atoms with E-state index in [9.17, 15) is 38.0 Å². The largest absolute Gasteiger partial charge is 0.459 e. The van der Waals surface area contributed by atoms with E-state index in [1.54, 1.807) is 40.8 Å².